The van der Waals surface area contributed by atoms with Crippen molar-refractivity contribution >= 4 is 46.4 Å². The van der Waals surface area contributed by atoms with Crippen LogP contribution in [0.3, 0.4) is 0 Å². The van der Waals surface area contributed by atoms with Gasteiger partial charge >= 0.3 is 5.97 Å². The van der Waals surface area contributed by atoms with E-state index in [9.17, 15) is 24.3 Å². The number of carbonyl (C=O) groups excluding carboxylic acids is 3. The summed E-state index contributed by atoms with van der Waals surface area (Å²) in [6.07, 6.45) is 4.73. The van der Waals surface area contributed by atoms with Crippen LogP contribution in [-0.2, 0) is 32.0 Å². The molecular formula is C31H41N5O5S. The Balaban J connectivity index is 1.68. The number of para-hydroxylation sites is 1. The number of fused-ring (bicyclic) bond motifs is 1. The Morgan fingerprint density at radius 2 is 1.48 bits per heavy atom. The Hall–Kier alpha value is -3.83. The summed E-state index contributed by atoms with van der Waals surface area (Å²) >= 11 is 1.53. The lowest BCUT2D eigenvalue weighted by molar-refractivity contribution is -0.142. The van der Waals surface area contributed by atoms with Gasteiger partial charge in [0.2, 0.25) is 17.7 Å². The van der Waals surface area contributed by atoms with Gasteiger partial charge in [0, 0.05) is 23.5 Å². The van der Waals surface area contributed by atoms with E-state index in [0.717, 1.165) is 22.0 Å². The smallest absolute Gasteiger partial charge is 0.326 e. The predicted octanol–water partition coefficient (Wildman–Crippen LogP) is 2.62. The van der Waals surface area contributed by atoms with Crippen LogP contribution in [0.2, 0.25) is 0 Å². The molecule has 0 saturated heterocycles. The van der Waals surface area contributed by atoms with Crippen LogP contribution in [0, 0.1) is 5.92 Å². The van der Waals surface area contributed by atoms with E-state index in [1.54, 1.807) is 24.3 Å². The van der Waals surface area contributed by atoms with Crippen molar-refractivity contribution in [2.45, 2.75) is 63.7 Å². The molecule has 3 rings (SSSR count). The van der Waals surface area contributed by atoms with Gasteiger partial charge in [-0.2, -0.15) is 11.8 Å². The summed E-state index contributed by atoms with van der Waals surface area (Å²) in [7, 11) is 0. The van der Waals surface area contributed by atoms with Gasteiger partial charge < -0.3 is 31.8 Å². The molecule has 0 saturated carbocycles. The molecule has 1 aromatic heterocycles. The molecule has 11 heteroatoms. The Kier molecular flexibility index (Phi) is 12.4. The van der Waals surface area contributed by atoms with Crippen molar-refractivity contribution in [1.82, 2.24) is 20.9 Å². The number of carboxylic acid groups (broad SMARTS) is 1. The van der Waals surface area contributed by atoms with Crippen LogP contribution in [0.4, 0.5) is 0 Å². The number of thioether (sulfide) groups is 1. The molecule has 0 bridgehead atoms. The number of benzene rings is 2. The lowest BCUT2D eigenvalue weighted by Crippen LogP contribution is -2.57. The quantitative estimate of drug-likeness (QED) is 0.148. The highest BCUT2D eigenvalue weighted by Gasteiger charge is 2.31. The summed E-state index contributed by atoms with van der Waals surface area (Å²) in [5.41, 5.74) is 8.86. The highest BCUT2D eigenvalue weighted by molar-refractivity contribution is 7.98. The number of rotatable bonds is 16. The molecule has 3 amide bonds. The third kappa shape index (κ3) is 9.63. The lowest BCUT2D eigenvalue weighted by atomic mass is 10.0. The van der Waals surface area contributed by atoms with E-state index in [-0.39, 0.29) is 18.8 Å². The molecule has 0 radical (unpaired) electrons. The first-order valence-corrected chi connectivity index (χ1v) is 15.5. The summed E-state index contributed by atoms with van der Waals surface area (Å²) in [4.78, 5) is 54.9. The first kappa shape index (κ1) is 32.7. The molecule has 0 aliphatic heterocycles. The van der Waals surface area contributed by atoms with E-state index in [1.165, 1.54) is 11.8 Å². The van der Waals surface area contributed by atoms with E-state index in [2.05, 4.69) is 20.9 Å². The molecule has 42 heavy (non-hydrogen) atoms. The lowest BCUT2D eigenvalue weighted by Gasteiger charge is -2.26. The summed E-state index contributed by atoms with van der Waals surface area (Å²) < 4.78 is 0. The van der Waals surface area contributed by atoms with Crippen molar-refractivity contribution in [3.8, 4) is 0 Å². The monoisotopic (exact) mass is 595 g/mol. The van der Waals surface area contributed by atoms with E-state index < -0.39 is 47.9 Å². The fraction of sp³-hybridized carbons (Fsp3) is 0.419. The normalized spacial score (nSPS) is 14.1. The number of nitrogens with two attached hydrogens (primary N) is 1. The Labute approximate surface area is 250 Å². The van der Waals surface area contributed by atoms with Gasteiger partial charge in [0.15, 0.2) is 0 Å². The zero-order valence-electron chi connectivity index (χ0n) is 24.3. The highest BCUT2D eigenvalue weighted by atomic mass is 32.2. The number of aromatic nitrogens is 1. The molecule has 0 spiro atoms. The van der Waals surface area contributed by atoms with Crippen LogP contribution in [-0.4, -0.2) is 70.0 Å². The van der Waals surface area contributed by atoms with Crippen molar-refractivity contribution in [2.75, 3.05) is 12.0 Å². The third-order valence-corrected chi connectivity index (χ3v) is 7.58. The van der Waals surface area contributed by atoms with Crippen LogP contribution in [0.5, 0.6) is 0 Å². The van der Waals surface area contributed by atoms with Crippen LogP contribution in [0.1, 0.15) is 37.8 Å². The average Bonchev–Trinajstić information content (AvgIpc) is 3.37. The first-order valence-electron chi connectivity index (χ1n) is 14.1. The minimum Gasteiger partial charge on any atom is -0.480 e. The first-order chi connectivity index (χ1) is 20.1. The molecular weight excluding hydrogens is 554 g/mol. The molecule has 0 aliphatic carbocycles. The van der Waals surface area contributed by atoms with Crippen LogP contribution >= 0.6 is 11.8 Å². The molecule has 3 aromatic rings. The number of hydrogen-bond acceptors (Lipinski definition) is 6. The topological polar surface area (TPSA) is 166 Å². The Morgan fingerprint density at radius 1 is 0.857 bits per heavy atom. The number of nitrogens with one attached hydrogen (secondary N) is 4. The summed E-state index contributed by atoms with van der Waals surface area (Å²) in [5, 5.41) is 18.9. The summed E-state index contributed by atoms with van der Waals surface area (Å²) in [5.74, 6) is -2.13. The number of amides is 3. The van der Waals surface area contributed by atoms with Crippen LogP contribution in [0.25, 0.3) is 10.9 Å². The molecule has 0 fully saturated rings. The van der Waals surface area contributed by atoms with Crippen molar-refractivity contribution in [2.24, 2.45) is 11.7 Å². The maximum Gasteiger partial charge on any atom is 0.326 e. The fourth-order valence-corrected chi connectivity index (χ4v) is 5.18. The molecule has 10 nitrogen and oxygen atoms in total. The van der Waals surface area contributed by atoms with Crippen molar-refractivity contribution in [3.63, 3.8) is 0 Å². The van der Waals surface area contributed by atoms with Crippen molar-refractivity contribution < 1.29 is 24.3 Å². The summed E-state index contributed by atoms with van der Waals surface area (Å²) in [6, 6.07) is 12.8. The predicted molar refractivity (Wildman–Crippen MR) is 166 cm³/mol. The second-order valence-electron chi connectivity index (χ2n) is 10.8. The van der Waals surface area contributed by atoms with E-state index in [1.807, 2.05) is 56.6 Å². The van der Waals surface area contributed by atoms with Gasteiger partial charge in [-0.05, 0) is 54.4 Å². The molecule has 0 aliphatic rings. The van der Waals surface area contributed by atoms with Crippen LogP contribution in [0.15, 0.2) is 60.8 Å². The van der Waals surface area contributed by atoms with E-state index in [0.29, 0.717) is 18.6 Å². The number of hydrogen-bond donors (Lipinski definition) is 6. The largest absolute Gasteiger partial charge is 0.480 e. The standard InChI is InChI=1S/C31H41N5O5S/c1-19(2)15-26(30(39)36-27(31(40)41)16-20-9-5-4-6-10-20)35-29(38)25(13-14-42-3)34-28(37)23(32)17-21-18-33-24-12-8-7-11-22(21)24/h4-12,18-19,23,25-27,33H,13-17,32H2,1-3H3,(H,34,37)(H,35,38)(H,36,39)(H,40,41). The SMILES string of the molecule is CSCCC(NC(=O)C(N)Cc1c[nH]c2ccccc12)C(=O)NC(CC(C)C)C(=O)NC(Cc1ccccc1)C(=O)O. The molecule has 4 unspecified atom stereocenters. The van der Waals surface area contributed by atoms with Gasteiger partial charge in [0.25, 0.3) is 0 Å². The molecule has 4 atom stereocenters. The number of aromatic amines is 1. The van der Waals surface area contributed by atoms with Gasteiger partial charge in [0.05, 0.1) is 6.04 Å². The second kappa shape index (κ2) is 16.0. The van der Waals surface area contributed by atoms with Crippen LogP contribution < -0.4 is 21.7 Å². The number of carbonyl (C=O) groups is 4. The zero-order valence-corrected chi connectivity index (χ0v) is 25.1. The molecule has 2 aromatic carbocycles. The van der Waals surface area contributed by atoms with E-state index in [4.69, 9.17) is 5.73 Å². The minimum atomic E-state index is -1.17. The molecule has 7 N–H and O–H groups in total. The number of H-pyrrole nitrogens is 1. The minimum absolute atomic E-state index is 0.0299. The summed E-state index contributed by atoms with van der Waals surface area (Å²) in [6.45, 7) is 3.81. The highest BCUT2D eigenvalue weighted by Crippen LogP contribution is 2.19. The molecule has 1 heterocycles. The van der Waals surface area contributed by atoms with Gasteiger partial charge in [-0.3, -0.25) is 14.4 Å². The van der Waals surface area contributed by atoms with E-state index >= 15 is 0 Å². The Bertz CT molecular complexity index is 1350. The van der Waals surface area contributed by atoms with Gasteiger partial charge in [-0.15, -0.1) is 0 Å². The fourth-order valence-electron chi connectivity index (χ4n) is 4.71. The maximum atomic E-state index is 13.4. The Morgan fingerprint density at radius 3 is 2.14 bits per heavy atom. The third-order valence-electron chi connectivity index (χ3n) is 6.93. The van der Waals surface area contributed by atoms with Gasteiger partial charge in [0.1, 0.15) is 18.1 Å². The van der Waals surface area contributed by atoms with Crippen molar-refractivity contribution in [3.05, 3.63) is 71.9 Å². The van der Waals surface area contributed by atoms with Gasteiger partial charge in [-0.25, -0.2) is 4.79 Å². The number of aliphatic carboxylic acids is 1. The second-order valence-corrected chi connectivity index (χ2v) is 11.8. The zero-order chi connectivity index (χ0) is 30.6. The molecule has 226 valence electrons. The number of carboxylic acids is 1. The van der Waals surface area contributed by atoms with Crippen molar-refractivity contribution in [1.29, 1.82) is 0 Å². The average molecular weight is 596 g/mol. The van der Waals surface area contributed by atoms with Gasteiger partial charge in [-0.1, -0.05) is 62.4 Å². The maximum absolute atomic E-state index is 13.4.